The molecule has 0 bridgehead atoms. The summed E-state index contributed by atoms with van der Waals surface area (Å²) in [5.41, 5.74) is 5.73. The zero-order chi connectivity index (χ0) is 20.8. The Labute approximate surface area is 177 Å². The molecule has 0 saturated carbocycles. The van der Waals surface area contributed by atoms with Gasteiger partial charge in [0.15, 0.2) is 0 Å². The first-order chi connectivity index (χ1) is 14.0. The van der Waals surface area contributed by atoms with Gasteiger partial charge in [0.05, 0.1) is 5.02 Å². The van der Waals surface area contributed by atoms with Crippen molar-refractivity contribution >= 4 is 56.4 Å². The van der Waals surface area contributed by atoms with Crippen molar-refractivity contribution in [1.29, 1.82) is 0 Å². The van der Waals surface area contributed by atoms with Gasteiger partial charge in [0, 0.05) is 27.8 Å². The molecule has 3 amide bonds. The maximum Gasteiger partial charge on any atom is 0.281 e. The quantitative estimate of drug-likeness (QED) is 0.494. The number of nitrogens with one attached hydrogen (secondary N) is 3. The van der Waals surface area contributed by atoms with Crippen molar-refractivity contribution in [2.45, 2.75) is 26.2 Å². The van der Waals surface area contributed by atoms with E-state index in [0.29, 0.717) is 27.6 Å². The summed E-state index contributed by atoms with van der Waals surface area (Å²) in [6.45, 7) is 2.02. The standard InChI is InChI=1S/C21H20ClN3O3S/c1-2-3-8-17(26)23-14-11-9-13(10-12-14)20(27)24-25-21(28)19-18(22)15-6-4-5-7-16(15)29-19/h4-7,9-12H,2-3,8H2,1H3,(H,23,26)(H,24,27)(H,25,28). The molecule has 0 saturated heterocycles. The van der Waals surface area contributed by atoms with Gasteiger partial charge in [-0.25, -0.2) is 0 Å². The van der Waals surface area contributed by atoms with E-state index in [-0.39, 0.29) is 5.91 Å². The van der Waals surface area contributed by atoms with Crippen LogP contribution < -0.4 is 16.2 Å². The minimum absolute atomic E-state index is 0.0588. The van der Waals surface area contributed by atoms with E-state index in [4.69, 9.17) is 11.6 Å². The van der Waals surface area contributed by atoms with Crippen LogP contribution in [-0.4, -0.2) is 17.7 Å². The Hall–Kier alpha value is -2.90. The minimum Gasteiger partial charge on any atom is -0.326 e. The van der Waals surface area contributed by atoms with Crippen molar-refractivity contribution in [2.75, 3.05) is 5.32 Å². The predicted molar refractivity (Wildman–Crippen MR) is 116 cm³/mol. The van der Waals surface area contributed by atoms with Crippen molar-refractivity contribution in [3.05, 3.63) is 64.0 Å². The van der Waals surface area contributed by atoms with Crippen molar-refractivity contribution < 1.29 is 14.4 Å². The van der Waals surface area contributed by atoms with E-state index >= 15 is 0 Å². The second-order valence-electron chi connectivity index (χ2n) is 6.38. The van der Waals surface area contributed by atoms with E-state index in [9.17, 15) is 14.4 Å². The fourth-order valence-electron chi connectivity index (χ4n) is 2.67. The first-order valence-electron chi connectivity index (χ1n) is 9.17. The van der Waals surface area contributed by atoms with E-state index in [1.807, 2.05) is 31.2 Å². The molecule has 0 radical (unpaired) electrons. The van der Waals surface area contributed by atoms with E-state index in [2.05, 4.69) is 16.2 Å². The lowest BCUT2D eigenvalue weighted by Crippen LogP contribution is -2.41. The number of amides is 3. The molecule has 0 aliphatic carbocycles. The summed E-state index contributed by atoms with van der Waals surface area (Å²) in [6.07, 6.45) is 2.24. The molecule has 1 heterocycles. The Morgan fingerprint density at radius 3 is 2.34 bits per heavy atom. The Morgan fingerprint density at radius 1 is 0.966 bits per heavy atom. The minimum atomic E-state index is -0.482. The number of fused-ring (bicyclic) bond motifs is 1. The van der Waals surface area contributed by atoms with E-state index in [0.717, 1.165) is 22.9 Å². The van der Waals surface area contributed by atoms with Crippen LogP contribution in [0.3, 0.4) is 0 Å². The summed E-state index contributed by atoms with van der Waals surface area (Å²) in [6, 6.07) is 13.9. The molecule has 0 spiro atoms. The number of carbonyl (C=O) groups is 3. The third-order valence-electron chi connectivity index (χ3n) is 4.22. The summed E-state index contributed by atoms with van der Waals surface area (Å²) in [7, 11) is 0. The van der Waals surface area contributed by atoms with E-state index in [1.54, 1.807) is 24.3 Å². The van der Waals surface area contributed by atoms with Crippen molar-refractivity contribution in [2.24, 2.45) is 0 Å². The molecule has 0 atom stereocenters. The maximum absolute atomic E-state index is 12.4. The average molecular weight is 430 g/mol. The number of rotatable bonds is 6. The Morgan fingerprint density at radius 2 is 1.66 bits per heavy atom. The van der Waals surface area contributed by atoms with Crippen LogP contribution in [0, 0.1) is 0 Å². The van der Waals surface area contributed by atoms with Gasteiger partial charge in [-0.3, -0.25) is 25.2 Å². The topological polar surface area (TPSA) is 87.3 Å². The molecule has 0 fully saturated rings. The van der Waals surface area contributed by atoms with Crippen LogP contribution in [0.5, 0.6) is 0 Å². The fraction of sp³-hybridized carbons (Fsp3) is 0.190. The lowest BCUT2D eigenvalue weighted by Gasteiger charge is -2.08. The number of hydrogen-bond acceptors (Lipinski definition) is 4. The van der Waals surface area contributed by atoms with Crippen LogP contribution in [0.1, 0.15) is 46.2 Å². The molecule has 8 heteroatoms. The molecular formula is C21H20ClN3O3S. The number of thiophene rings is 1. The fourth-order valence-corrected chi connectivity index (χ4v) is 4.08. The molecule has 150 valence electrons. The average Bonchev–Trinajstić information content (AvgIpc) is 3.07. The van der Waals surface area contributed by atoms with Gasteiger partial charge < -0.3 is 5.32 Å². The zero-order valence-corrected chi connectivity index (χ0v) is 17.3. The number of carbonyl (C=O) groups excluding carboxylic acids is 3. The van der Waals surface area contributed by atoms with Crippen LogP contribution in [0.2, 0.25) is 5.02 Å². The molecule has 3 rings (SSSR count). The Kier molecular flexibility index (Phi) is 6.85. The van der Waals surface area contributed by atoms with Gasteiger partial charge >= 0.3 is 0 Å². The first-order valence-corrected chi connectivity index (χ1v) is 10.4. The number of unbranched alkanes of at least 4 members (excludes halogenated alkanes) is 1. The zero-order valence-electron chi connectivity index (χ0n) is 15.8. The molecule has 1 aromatic heterocycles. The number of anilines is 1. The van der Waals surface area contributed by atoms with Gasteiger partial charge in [-0.05, 0) is 36.8 Å². The molecular weight excluding hydrogens is 410 g/mol. The number of halogens is 1. The normalized spacial score (nSPS) is 10.6. The summed E-state index contributed by atoms with van der Waals surface area (Å²) in [5.74, 6) is -1.01. The Bertz CT molecular complexity index is 1050. The molecule has 3 N–H and O–H groups in total. The third kappa shape index (κ3) is 5.13. The highest BCUT2D eigenvalue weighted by molar-refractivity contribution is 7.21. The van der Waals surface area contributed by atoms with Crippen molar-refractivity contribution in [3.63, 3.8) is 0 Å². The SMILES string of the molecule is CCCCC(=O)Nc1ccc(C(=O)NNC(=O)c2sc3ccccc3c2Cl)cc1. The molecule has 0 aliphatic rings. The number of hydrogen-bond donors (Lipinski definition) is 3. The first kappa shape index (κ1) is 20.8. The van der Waals surface area contributed by atoms with E-state index < -0.39 is 11.8 Å². The maximum atomic E-state index is 12.4. The van der Waals surface area contributed by atoms with Gasteiger partial charge in [0.2, 0.25) is 5.91 Å². The van der Waals surface area contributed by atoms with Crippen LogP contribution in [0.25, 0.3) is 10.1 Å². The lowest BCUT2D eigenvalue weighted by atomic mass is 10.2. The highest BCUT2D eigenvalue weighted by Gasteiger charge is 2.17. The highest BCUT2D eigenvalue weighted by atomic mass is 35.5. The highest BCUT2D eigenvalue weighted by Crippen LogP contribution is 2.34. The van der Waals surface area contributed by atoms with Crippen LogP contribution >= 0.6 is 22.9 Å². The van der Waals surface area contributed by atoms with Crippen LogP contribution in [0.4, 0.5) is 5.69 Å². The summed E-state index contributed by atoms with van der Waals surface area (Å²) in [5, 5.41) is 3.94. The van der Waals surface area contributed by atoms with Crippen molar-refractivity contribution in [3.8, 4) is 0 Å². The monoisotopic (exact) mass is 429 g/mol. The Balaban J connectivity index is 1.58. The summed E-state index contributed by atoms with van der Waals surface area (Å²) >= 11 is 7.53. The largest absolute Gasteiger partial charge is 0.326 e. The smallest absolute Gasteiger partial charge is 0.281 e. The van der Waals surface area contributed by atoms with Gasteiger partial charge in [0.1, 0.15) is 4.88 Å². The molecule has 2 aromatic carbocycles. The molecule has 3 aromatic rings. The predicted octanol–water partition coefficient (Wildman–Crippen LogP) is 4.76. The number of hydrazine groups is 1. The summed E-state index contributed by atoms with van der Waals surface area (Å²) in [4.78, 5) is 36.7. The molecule has 6 nitrogen and oxygen atoms in total. The second kappa shape index (κ2) is 9.54. The number of benzene rings is 2. The third-order valence-corrected chi connectivity index (χ3v) is 5.89. The van der Waals surface area contributed by atoms with Crippen LogP contribution in [-0.2, 0) is 4.79 Å². The van der Waals surface area contributed by atoms with E-state index in [1.165, 1.54) is 11.3 Å². The van der Waals surface area contributed by atoms with Gasteiger partial charge in [0.25, 0.3) is 11.8 Å². The van der Waals surface area contributed by atoms with Crippen LogP contribution in [0.15, 0.2) is 48.5 Å². The van der Waals surface area contributed by atoms with Gasteiger partial charge in [-0.2, -0.15) is 0 Å². The molecule has 0 unspecified atom stereocenters. The van der Waals surface area contributed by atoms with Gasteiger partial charge in [-0.15, -0.1) is 11.3 Å². The van der Waals surface area contributed by atoms with Gasteiger partial charge in [-0.1, -0.05) is 43.1 Å². The lowest BCUT2D eigenvalue weighted by molar-refractivity contribution is -0.116. The molecule has 0 aliphatic heterocycles. The summed E-state index contributed by atoms with van der Waals surface area (Å²) < 4.78 is 0.894. The second-order valence-corrected chi connectivity index (χ2v) is 7.81. The molecule has 29 heavy (non-hydrogen) atoms. The van der Waals surface area contributed by atoms with Crippen molar-refractivity contribution in [1.82, 2.24) is 10.9 Å².